The summed E-state index contributed by atoms with van der Waals surface area (Å²) in [6, 6.07) is 34.4. The van der Waals surface area contributed by atoms with Crippen LogP contribution in [0.3, 0.4) is 0 Å². The number of hydrogen-bond donors (Lipinski definition) is 1. The van der Waals surface area contributed by atoms with E-state index in [4.69, 9.17) is 16.3 Å². The standard InChI is InChI=1S/C42H33ClN4O6/c43-37-22-27(13-16-38(37)53-25-26-11-14-30(15-12-26)47(51)52)21-36-40(48)44-42(50)46(41(36)49)31-23-34-32(28-7-3-1-4-8-28)17-19-45-20-18-33(35(24-31)39(34)45)29-9-5-2-6-10-29/h1-16,21-24,32-33H,17-20,25H2,(H,44,48,50)/b36-21+/t32-,33+. The summed E-state index contributed by atoms with van der Waals surface area (Å²) in [6.45, 7) is 1.91. The van der Waals surface area contributed by atoms with Gasteiger partial charge in [-0.1, -0.05) is 78.3 Å². The highest BCUT2D eigenvalue weighted by Gasteiger charge is 2.40. The summed E-state index contributed by atoms with van der Waals surface area (Å²) in [5, 5.41) is 13.6. The Labute approximate surface area is 310 Å². The van der Waals surface area contributed by atoms with Gasteiger partial charge >= 0.3 is 6.03 Å². The minimum atomic E-state index is -0.812. The number of ether oxygens (including phenoxy) is 1. The Balaban J connectivity index is 1.13. The number of rotatable bonds is 8. The van der Waals surface area contributed by atoms with Gasteiger partial charge in [-0.05, 0) is 88.7 Å². The van der Waals surface area contributed by atoms with Gasteiger partial charge in [0.2, 0.25) is 0 Å². The molecule has 8 rings (SSSR count). The smallest absolute Gasteiger partial charge is 0.335 e. The van der Waals surface area contributed by atoms with Gasteiger partial charge in [0.25, 0.3) is 17.5 Å². The molecule has 0 aliphatic carbocycles. The van der Waals surface area contributed by atoms with E-state index in [1.165, 1.54) is 18.2 Å². The van der Waals surface area contributed by atoms with Crippen molar-refractivity contribution < 1.29 is 24.0 Å². The first-order valence-electron chi connectivity index (χ1n) is 17.3. The molecule has 1 N–H and O–H groups in total. The molecule has 53 heavy (non-hydrogen) atoms. The zero-order chi connectivity index (χ0) is 36.6. The van der Waals surface area contributed by atoms with E-state index in [-0.39, 0.29) is 34.7 Å². The van der Waals surface area contributed by atoms with E-state index in [0.717, 1.165) is 58.8 Å². The lowest BCUT2D eigenvalue weighted by atomic mass is 9.76. The summed E-state index contributed by atoms with van der Waals surface area (Å²) < 4.78 is 5.84. The van der Waals surface area contributed by atoms with Crippen molar-refractivity contribution in [3.05, 3.63) is 169 Å². The molecule has 264 valence electrons. The second kappa shape index (κ2) is 14.0. The maximum Gasteiger partial charge on any atom is 0.335 e. The third-order valence-corrected chi connectivity index (χ3v) is 10.5. The second-order valence-electron chi connectivity index (χ2n) is 13.3. The molecule has 1 saturated heterocycles. The Morgan fingerprint density at radius 1 is 0.811 bits per heavy atom. The van der Waals surface area contributed by atoms with Crippen LogP contribution in [0.15, 0.2) is 121 Å². The number of imide groups is 2. The number of halogens is 1. The number of nitrogens with zero attached hydrogens (tertiary/aromatic N) is 3. The third kappa shape index (κ3) is 6.53. The maximum atomic E-state index is 14.2. The second-order valence-corrected chi connectivity index (χ2v) is 13.7. The topological polar surface area (TPSA) is 122 Å². The van der Waals surface area contributed by atoms with E-state index < -0.39 is 22.8 Å². The number of urea groups is 1. The number of nitro benzene ring substituents is 1. The van der Waals surface area contributed by atoms with Crippen LogP contribution in [0.1, 0.15) is 58.1 Å². The summed E-state index contributed by atoms with van der Waals surface area (Å²) in [7, 11) is 0. The van der Waals surface area contributed by atoms with Crippen LogP contribution in [0.2, 0.25) is 5.02 Å². The maximum absolute atomic E-state index is 14.2. The lowest BCUT2D eigenvalue weighted by molar-refractivity contribution is -0.384. The lowest BCUT2D eigenvalue weighted by Gasteiger charge is -2.44. The molecule has 0 saturated carbocycles. The predicted molar refractivity (Wildman–Crippen MR) is 202 cm³/mol. The number of benzene rings is 5. The summed E-state index contributed by atoms with van der Waals surface area (Å²) in [5.74, 6) is -1.09. The summed E-state index contributed by atoms with van der Waals surface area (Å²) in [4.78, 5) is 55.0. The largest absolute Gasteiger partial charge is 0.487 e. The highest BCUT2D eigenvalue weighted by atomic mass is 35.5. The molecule has 5 aromatic rings. The number of anilines is 2. The lowest BCUT2D eigenvalue weighted by Crippen LogP contribution is -2.54. The van der Waals surface area contributed by atoms with Crippen molar-refractivity contribution in [1.82, 2.24) is 5.32 Å². The third-order valence-electron chi connectivity index (χ3n) is 10.2. The van der Waals surface area contributed by atoms with Gasteiger partial charge in [-0.2, -0.15) is 0 Å². The fourth-order valence-electron chi connectivity index (χ4n) is 7.63. The van der Waals surface area contributed by atoms with Crippen molar-refractivity contribution in [1.29, 1.82) is 0 Å². The molecule has 3 heterocycles. The average molecular weight is 725 g/mol. The molecule has 0 aromatic heterocycles. The Hall–Kier alpha value is -6.26. The molecule has 1 fully saturated rings. The van der Waals surface area contributed by atoms with Gasteiger partial charge in [0.15, 0.2) is 0 Å². The summed E-state index contributed by atoms with van der Waals surface area (Å²) in [5.41, 5.74) is 6.90. The van der Waals surface area contributed by atoms with Crippen LogP contribution in [-0.4, -0.2) is 35.9 Å². The van der Waals surface area contributed by atoms with Crippen LogP contribution in [0.25, 0.3) is 6.08 Å². The van der Waals surface area contributed by atoms with E-state index in [1.807, 2.05) is 48.5 Å². The Bertz CT molecular complexity index is 2220. The molecule has 0 spiro atoms. The molecule has 5 aromatic carbocycles. The average Bonchev–Trinajstić information content (AvgIpc) is 3.17. The number of nitro groups is 1. The van der Waals surface area contributed by atoms with E-state index >= 15 is 0 Å². The first kappa shape index (κ1) is 33.9. The van der Waals surface area contributed by atoms with Gasteiger partial charge in [-0.25, -0.2) is 9.69 Å². The van der Waals surface area contributed by atoms with Crippen LogP contribution in [0.5, 0.6) is 5.75 Å². The van der Waals surface area contributed by atoms with Gasteiger partial charge in [-0.3, -0.25) is 25.0 Å². The summed E-state index contributed by atoms with van der Waals surface area (Å²) in [6.07, 6.45) is 3.18. The molecule has 4 amide bonds. The van der Waals surface area contributed by atoms with Crippen LogP contribution >= 0.6 is 11.6 Å². The predicted octanol–water partition coefficient (Wildman–Crippen LogP) is 8.37. The van der Waals surface area contributed by atoms with E-state index in [9.17, 15) is 24.5 Å². The van der Waals surface area contributed by atoms with Gasteiger partial charge in [0, 0.05) is 42.7 Å². The fraction of sp³-hybridized carbons (Fsp3) is 0.167. The number of carbonyl (C=O) groups excluding carboxylic acids is 3. The van der Waals surface area contributed by atoms with Gasteiger partial charge in [0.1, 0.15) is 17.9 Å². The van der Waals surface area contributed by atoms with E-state index in [2.05, 4.69) is 34.5 Å². The molecular formula is C42H33ClN4O6. The van der Waals surface area contributed by atoms with Crippen LogP contribution in [-0.2, 0) is 16.2 Å². The Morgan fingerprint density at radius 2 is 1.42 bits per heavy atom. The zero-order valence-corrected chi connectivity index (χ0v) is 29.2. The Kier molecular flexibility index (Phi) is 8.97. The number of nitrogens with one attached hydrogen (secondary N) is 1. The number of amides is 4. The highest BCUT2D eigenvalue weighted by Crippen LogP contribution is 2.50. The monoisotopic (exact) mass is 724 g/mol. The minimum Gasteiger partial charge on any atom is -0.487 e. The molecule has 3 aliphatic rings. The first-order valence-corrected chi connectivity index (χ1v) is 17.7. The molecule has 11 heteroatoms. The molecule has 10 nitrogen and oxygen atoms in total. The minimum absolute atomic E-state index is 0.0219. The van der Waals surface area contributed by atoms with Crippen molar-refractivity contribution in [3.8, 4) is 5.75 Å². The molecule has 0 radical (unpaired) electrons. The summed E-state index contributed by atoms with van der Waals surface area (Å²) >= 11 is 6.55. The number of hydrogen-bond acceptors (Lipinski definition) is 7. The zero-order valence-electron chi connectivity index (χ0n) is 28.4. The van der Waals surface area contributed by atoms with Gasteiger partial charge in [0.05, 0.1) is 15.6 Å². The van der Waals surface area contributed by atoms with Crippen LogP contribution < -0.4 is 19.9 Å². The molecule has 0 bridgehead atoms. The molecule has 3 aliphatic heterocycles. The number of carbonyl (C=O) groups is 3. The van der Waals surface area contributed by atoms with Crippen molar-refractivity contribution >= 4 is 52.6 Å². The van der Waals surface area contributed by atoms with Crippen LogP contribution in [0, 0.1) is 10.1 Å². The normalized spacial score (nSPS) is 18.8. The van der Waals surface area contributed by atoms with Gasteiger partial charge < -0.3 is 9.64 Å². The van der Waals surface area contributed by atoms with E-state index in [1.54, 1.807) is 30.3 Å². The molecule has 2 atom stereocenters. The highest BCUT2D eigenvalue weighted by molar-refractivity contribution is 6.39. The Morgan fingerprint density at radius 3 is 1.98 bits per heavy atom. The van der Waals surface area contributed by atoms with Crippen LogP contribution in [0.4, 0.5) is 21.9 Å². The van der Waals surface area contributed by atoms with Crippen molar-refractivity contribution in [2.75, 3.05) is 22.9 Å². The molecular weight excluding hydrogens is 692 g/mol. The van der Waals surface area contributed by atoms with Crippen molar-refractivity contribution in [2.45, 2.75) is 31.3 Å². The van der Waals surface area contributed by atoms with Crippen molar-refractivity contribution in [2.24, 2.45) is 0 Å². The number of barbiturate groups is 1. The molecule has 0 unspecified atom stereocenters. The van der Waals surface area contributed by atoms with Gasteiger partial charge in [-0.15, -0.1) is 0 Å². The quantitative estimate of drug-likeness (QED) is 0.0739. The fourth-order valence-corrected chi connectivity index (χ4v) is 7.87. The van der Waals surface area contributed by atoms with Crippen molar-refractivity contribution in [3.63, 3.8) is 0 Å². The SMILES string of the molecule is O=C1NC(=O)N(c2cc3c4c(c2)[C@H](c2ccccc2)CCN4CC[C@@H]3c2ccccc2)C(=O)/C1=C/c1ccc(OCc2ccc([N+](=O)[O-])cc2)c(Cl)c1. The van der Waals surface area contributed by atoms with E-state index in [0.29, 0.717) is 22.6 Å². The first-order chi connectivity index (χ1) is 25.7. The number of non-ortho nitro benzene ring substituents is 1.